The van der Waals surface area contributed by atoms with E-state index < -0.39 is 6.36 Å². The summed E-state index contributed by atoms with van der Waals surface area (Å²) in [6.07, 6.45) is -3.08. The third-order valence-electron chi connectivity index (χ3n) is 3.17. The summed E-state index contributed by atoms with van der Waals surface area (Å²) in [5, 5.41) is 5.10. The predicted molar refractivity (Wildman–Crippen MR) is 79.3 cm³/mol. The molecule has 124 valence electrons. The molecule has 0 aliphatic heterocycles. The van der Waals surface area contributed by atoms with Gasteiger partial charge in [0.1, 0.15) is 17.0 Å². The molecule has 0 unspecified atom stereocenters. The lowest BCUT2D eigenvalue weighted by atomic mass is 10.2. The van der Waals surface area contributed by atoms with Gasteiger partial charge in [-0.2, -0.15) is 0 Å². The topological polar surface area (TPSA) is 61.8 Å². The van der Waals surface area contributed by atoms with Crippen molar-refractivity contribution < 1.29 is 27.1 Å². The minimum absolute atomic E-state index is 0.306. The first kappa shape index (κ1) is 14.8. The predicted octanol–water partition coefficient (Wildman–Crippen LogP) is 4.11. The summed E-state index contributed by atoms with van der Waals surface area (Å²) in [5.41, 5.74) is 0.951. The van der Waals surface area contributed by atoms with Crippen LogP contribution in [0.1, 0.15) is 0 Å². The lowest BCUT2D eigenvalue weighted by Gasteiger charge is -2.07. The Kier molecular flexibility index (Phi) is 3.17. The van der Waals surface area contributed by atoms with Crippen molar-refractivity contribution in [2.45, 2.75) is 6.36 Å². The van der Waals surface area contributed by atoms with Crippen LogP contribution in [0.3, 0.4) is 0 Å². The standard InChI is InChI=1S/C14H8F3N3O3S/c1-21-13-19-20-6-9(18-12(20)24-13)11-5-7-4-8(23-14(15,16)17)2-3-10(7)22-11/h2-6H,1H3. The minimum Gasteiger partial charge on any atom is -0.472 e. The fraction of sp³-hybridized carbons (Fsp3) is 0.143. The van der Waals surface area contributed by atoms with Crippen molar-refractivity contribution in [1.82, 2.24) is 14.6 Å². The van der Waals surface area contributed by atoms with Gasteiger partial charge in [-0.25, -0.2) is 9.50 Å². The number of imidazole rings is 1. The molecular weight excluding hydrogens is 347 g/mol. The van der Waals surface area contributed by atoms with Gasteiger partial charge in [0.25, 0.3) is 5.19 Å². The van der Waals surface area contributed by atoms with Gasteiger partial charge < -0.3 is 13.9 Å². The summed E-state index contributed by atoms with van der Waals surface area (Å²) in [5.74, 6) is 0.116. The number of alkyl halides is 3. The van der Waals surface area contributed by atoms with Gasteiger partial charge in [-0.3, -0.25) is 0 Å². The third-order valence-corrected chi connectivity index (χ3v) is 4.06. The first-order valence-electron chi connectivity index (χ1n) is 6.61. The van der Waals surface area contributed by atoms with Crippen LogP contribution in [0, 0.1) is 0 Å². The average Bonchev–Trinajstić information content (AvgIpc) is 3.16. The van der Waals surface area contributed by atoms with E-state index in [-0.39, 0.29) is 5.75 Å². The second-order valence-corrected chi connectivity index (χ2v) is 5.70. The molecule has 0 bridgehead atoms. The molecule has 0 aliphatic rings. The number of ether oxygens (including phenoxy) is 2. The van der Waals surface area contributed by atoms with E-state index in [1.165, 1.54) is 36.6 Å². The number of hydrogen-bond donors (Lipinski definition) is 0. The number of benzene rings is 1. The SMILES string of the molecule is COc1nn2cc(-c3cc4cc(OC(F)(F)F)ccc4o3)nc2s1. The quantitative estimate of drug-likeness (QED) is 0.553. The fourth-order valence-electron chi connectivity index (χ4n) is 2.23. The molecule has 1 aromatic carbocycles. The molecule has 6 nitrogen and oxygen atoms in total. The van der Waals surface area contributed by atoms with Gasteiger partial charge in [0, 0.05) is 5.39 Å². The maximum atomic E-state index is 12.3. The zero-order valence-electron chi connectivity index (χ0n) is 12.0. The number of furan rings is 1. The van der Waals surface area contributed by atoms with Crippen molar-refractivity contribution in [3.05, 3.63) is 30.5 Å². The number of nitrogens with zero attached hydrogens (tertiary/aromatic N) is 3. The first-order chi connectivity index (χ1) is 11.4. The zero-order chi connectivity index (χ0) is 16.9. The molecule has 3 heterocycles. The molecule has 4 aromatic rings. The summed E-state index contributed by atoms with van der Waals surface area (Å²) in [6, 6.07) is 5.47. The molecule has 0 spiro atoms. The Balaban J connectivity index is 1.71. The average molecular weight is 355 g/mol. The molecule has 0 aliphatic carbocycles. The highest BCUT2D eigenvalue weighted by Crippen LogP contribution is 2.32. The van der Waals surface area contributed by atoms with Crippen molar-refractivity contribution >= 4 is 27.3 Å². The molecule has 3 aromatic heterocycles. The molecule has 24 heavy (non-hydrogen) atoms. The van der Waals surface area contributed by atoms with Crippen molar-refractivity contribution in [3.63, 3.8) is 0 Å². The van der Waals surface area contributed by atoms with Crippen LogP contribution in [0.5, 0.6) is 10.9 Å². The largest absolute Gasteiger partial charge is 0.573 e. The maximum absolute atomic E-state index is 12.3. The number of rotatable bonds is 3. The van der Waals surface area contributed by atoms with Crippen LogP contribution in [-0.2, 0) is 0 Å². The molecule has 0 amide bonds. The monoisotopic (exact) mass is 355 g/mol. The lowest BCUT2D eigenvalue weighted by Crippen LogP contribution is -2.16. The summed E-state index contributed by atoms with van der Waals surface area (Å²) in [4.78, 5) is 4.98. The molecule has 0 saturated carbocycles. The van der Waals surface area contributed by atoms with Crippen LogP contribution in [0.2, 0.25) is 0 Å². The van der Waals surface area contributed by atoms with Crippen LogP contribution in [0.25, 0.3) is 27.4 Å². The number of halogens is 3. The van der Waals surface area contributed by atoms with Gasteiger partial charge in [0.05, 0.1) is 13.3 Å². The normalized spacial score (nSPS) is 12.2. The van der Waals surface area contributed by atoms with Crippen molar-refractivity contribution in [2.75, 3.05) is 7.11 Å². The van der Waals surface area contributed by atoms with Crippen molar-refractivity contribution in [1.29, 1.82) is 0 Å². The Labute approximate surface area is 136 Å². The highest BCUT2D eigenvalue weighted by Gasteiger charge is 2.31. The Morgan fingerprint density at radius 1 is 1.25 bits per heavy atom. The number of aromatic nitrogens is 3. The molecule has 0 radical (unpaired) electrons. The Morgan fingerprint density at radius 3 is 2.79 bits per heavy atom. The van der Waals surface area contributed by atoms with E-state index in [1.807, 2.05) is 0 Å². The first-order valence-corrected chi connectivity index (χ1v) is 7.43. The molecule has 10 heteroatoms. The van der Waals surface area contributed by atoms with Crippen LogP contribution in [0.4, 0.5) is 13.2 Å². The summed E-state index contributed by atoms with van der Waals surface area (Å²) in [6.45, 7) is 0. The highest BCUT2D eigenvalue weighted by atomic mass is 32.1. The molecule has 0 atom stereocenters. The fourth-order valence-corrected chi connectivity index (χ4v) is 2.93. The number of hydrogen-bond acceptors (Lipinski definition) is 6. The third kappa shape index (κ3) is 2.64. The molecule has 4 rings (SSSR count). The van der Waals surface area contributed by atoms with Gasteiger partial charge in [0.2, 0.25) is 4.96 Å². The second-order valence-electron chi connectivity index (χ2n) is 4.78. The van der Waals surface area contributed by atoms with Crippen molar-refractivity contribution in [2.24, 2.45) is 0 Å². The van der Waals surface area contributed by atoms with E-state index in [9.17, 15) is 13.2 Å². The number of methoxy groups -OCH3 is 1. The van der Waals surface area contributed by atoms with Gasteiger partial charge in [0.15, 0.2) is 5.76 Å². The lowest BCUT2D eigenvalue weighted by molar-refractivity contribution is -0.274. The Morgan fingerprint density at radius 2 is 2.08 bits per heavy atom. The van der Waals surface area contributed by atoms with E-state index in [4.69, 9.17) is 9.15 Å². The van der Waals surface area contributed by atoms with Gasteiger partial charge >= 0.3 is 6.36 Å². The van der Waals surface area contributed by atoms with Crippen LogP contribution >= 0.6 is 11.3 Å². The molecular formula is C14H8F3N3O3S. The van der Waals surface area contributed by atoms with E-state index in [2.05, 4.69) is 14.8 Å². The zero-order valence-corrected chi connectivity index (χ0v) is 12.8. The molecule has 0 N–H and O–H groups in total. The Hall–Kier alpha value is -2.75. The van der Waals surface area contributed by atoms with Gasteiger partial charge in [-0.15, -0.1) is 18.3 Å². The van der Waals surface area contributed by atoms with E-state index >= 15 is 0 Å². The van der Waals surface area contributed by atoms with E-state index in [0.717, 1.165) is 0 Å². The Bertz CT molecular complexity index is 1000. The van der Waals surface area contributed by atoms with Crippen LogP contribution in [-0.4, -0.2) is 28.1 Å². The molecule has 0 saturated heterocycles. The smallest absolute Gasteiger partial charge is 0.472 e. The highest BCUT2D eigenvalue weighted by molar-refractivity contribution is 7.18. The van der Waals surface area contributed by atoms with Crippen molar-refractivity contribution in [3.8, 4) is 22.4 Å². The number of fused-ring (bicyclic) bond motifs is 2. The van der Waals surface area contributed by atoms with Gasteiger partial charge in [-0.05, 0) is 35.6 Å². The summed E-state index contributed by atoms with van der Waals surface area (Å²) in [7, 11) is 1.51. The van der Waals surface area contributed by atoms with Gasteiger partial charge in [-0.1, -0.05) is 0 Å². The van der Waals surface area contributed by atoms with Crippen LogP contribution in [0.15, 0.2) is 34.9 Å². The maximum Gasteiger partial charge on any atom is 0.573 e. The second kappa shape index (κ2) is 5.13. The van der Waals surface area contributed by atoms with E-state index in [0.29, 0.717) is 32.6 Å². The van der Waals surface area contributed by atoms with Crippen LogP contribution < -0.4 is 9.47 Å². The summed E-state index contributed by atoms with van der Waals surface area (Å²) < 4.78 is 52.9. The molecule has 0 fully saturated rings. The van der Waals surface area contributed by atoms with E-state index in [1.54, 1.807) is 16.8 Å². The minimum atomic E-state index is -4.74. The summed E-state index contributed by atoms with van der Waals surface area (Å²) >= 11 is 1.26.